The second-order valence-corrected chi connectivity index (χ2v) is 5.93. The van der Waals surface area contributed by atoms with E-state index in [0.717, 1.165) is 17.0 Å². The van der Waals surface area contributed by atoms with Crippen molar-refractivity contribution in [2.75, 3.05) is 0 Å². The molecule has 0 saturated heterocycles. The summed E-state index contributed by atoms with van der Waals surface area (Å²) in [4.78, 5) is 18.1. The first kappa shape index (κ1) is 21.2. The number of para-hydroxylation sites is 2. The van der Waals surface area contributed by atoms with E-state index in [1.54, 1.807) is 18.3 Å². The Morgan fingerprint density at radius 2 is 1.47 bits per heavy atom. The molecular formula is C23H15IrN2O4-. The van der Waals surface area contributed by atoms with Crippen LogP contribution >= 0.6 is 0 Å². The molecule has 0 spiro atoms. The number of fused-ring (bicyclic) bond motifs is 2. The first-order chi connectivity index (χ1) is 14.2. The Morgan fingerprint density at radius 3 is 2.07 bits per heavy atom. The molecule has 7 heteroatoms. The molecule has 30 heavy (non-hydrogen) atoms. The SMILES string of the molecule is O=C(O)c1ccccn1.[Ir].[c-]1ccc2c(c1-c1ccccn1)Oc1ccccc1O2. The molecule has 0 amide bonds. The smallest absolute Gasteiger partial charge is 0.354 e. The average Bonchev–Trinajstić information content (AvgIpc) is 2.79. The number of nitrogens with zero attached hydrogens (tertiary/aromatic N) is 2. The van der Waals surface area contributed by atoms with Crippen molar-refractivity contribution in [3.63, 3.8) is 0 Å². The molecule has 0 unspecified atom stereocenters. The van der Waals surface area contributed by atoms with Crippen LogP contribution in [0.5, 0.6) is 23.0 Å². The average molecular weight is 576 g/mol. The number of carbonyl (C=O) groups is 1. The molecule has 6 nitrogen and oxygen atoms in total. The molecular weight excluding hydrogens is 560 g/mol. The van der Waals surface area contributed by atoms with E-state index >= 15 is 0 Å². The molecule has 3 heterocycles. The summed E-state index contributed by atoms with van der Waals surface area (Å²) in [6.07, 6.45) is 3.20. The van der Waals surface area contributed by atoms with Crippen LogP contribution in [0.3, 0.4) is 0 Å². The van der Waals surface area contributed by atoms with Gasteiger partial charge in [0.15, 0.2) is 11.5 Å². The molecule has 151 valence electrons. The molecule has 0 atom stereocenters. The summed E-state index contributed by atoms with van der Waals surface area (Å²) < 4.78 is 11.8. The molecule has 1 radical (unpaired) electrons. The Balaban J connectivity index is 0.000000218. The second-order valence-electron chi connectivity index (χ2n) is 5.93. The maximum Gasteiger partial charge on any atom is 0.354 e. The third-order valence-corrected chi connectivity index (χ3v) is 4.00. The quantitative estimate of drug-likeness (QED) is 0.291. The van der Waals surface area contributed by atoms with Crippen molar-refractivity contribution >= 4 is 5.97 Å². The van der Waals surface area contributed by atoms with E-state index in [-0.39, 0.29) is 25.8 Å². The first-order valence-corrected chi connectivity index (χ1v) is 8.77. The van der Waals surface area contributed by atoms with Gasteiger partial charge in [-0.3, -0.25) is 0 Å². The van der Waals surface area contributed by atoms with Gasteiger partial charge in [-0.2, -0.15) is 0 Å². The van der Waals surface area contributed by atoms with E-state index in [0.29, 0.717) is 17.2 Å². The molecule has 1 aliphatic heterocycles. The number of hydrogen-bond acceptors (Lipinski definition) is 5. The van der Waals surface area contributed by atoms with E-state index in [1.165, 1.54) is 12.3 Å². The van der Waals surface area contributed by atoms with Crippen molar-refractivity contribution in [1.29, 1.82) is 0 Å². The number of benzene rings is 2. The monoisotopic (exact) mass is 576 g/mol. The summed E-state index contributed by atoms with van der Waals surface area (Å²) in [5.74, 6) is 1.78. The van der Waals surface area contributed by atoms with Crippen LogP contribution in [-0.2, 0) is 20.1 Å². The van der Waals surface area contributed by atoms with Gasteiger partial charge in [0, 0.05) is 32.5 Å². The third-order valence-electron chi connectivity index (χ3n) is 4.00. The van der Waals surface area contributed by atoms with Crippen LogP contribution in [0, 0.1) is 6.07 Å². The standard InChI is InChI=1S/C17H10NO2.C6H5NO2.Ir/c1-2-9-15-14(8-1)19-16-10-5-6-12(17(16)20-15)13-7-3-4-11-18-13;8-6(9)5-3-1-2-4-7-5;/h1-5,7-11H;1-4H,(H,8,9);/q-1;;. The van der Waals surface area contributed by atoms with Crippen LogP contribution < -0.4 is 9.47 Å². The van der Waals surface area contributed by atoms with Crippen molar-refractivity contribution < 1.29 is 39.5 Å². The molecule has 2 aromatic carbocycles. The van der Waals surface area contributed by atoms with Crippen LogP contribution in [0.1, 0.15) is 10.5 Å². The summed E-state index contributed by atoms with van der Waals surface area (Å²) in [5.41, 5.74) is 1.70. The van der Waals surface area contributed by atoms with E-state index in [4.69, 9.17) is 14.6 Å². The van der Waals surface area contributed by atoms with Crippen LogP contribution in [-0.4, -0.2) is 21.0 Å². The Kier molecular flexibility index (Phi) is 6.90. The Bertz CT molecular complexity index is 1140. The number of rotatable bonds is 2. The van der Waals surface area contributed by atoms with Crippen molar-refractivity contribution in [3.05, 3.63) is 97.0 Å². The van der Waals surface area contributed by atoms with E-state index in [1.807, 2.05) is 54.6 Å². The van der Waals surface area contributed by atoms with Gasteiger partial charge in [0.1, 0.15) is 5.69 Å². The zero-order chi connectivity index (χ0) is 20.1. The summed E-state index contributed by atoms with van der Waals surface area (Å²) in [6, 6.07) is 24.9. The Hall–Kier alpha value is -3.54. The molecule has 4 aromatic rings. The van der Waals surface area contributed by atoms with Gasteiger partial charge in [0.05, 0.1) is 11.5 Å². The number of hydrogen-bond donors (Lipinski definition) is 1. The fourth-order valence-electron chi connectivity index (χ4n) is 2.68. The second kappa shape index (κ2) is 9.78. The van der Waals surface area contributed by atoms with Crippen LogP contribution in [0.15, 0.2) is 85.2 Å². The van der Waals surface area contributed by atoms with Crippen molar-refractivity contribution in [3.8, 4) is 34.3 Å². The van der Waals surface area contributed by atoms with E-state index < -0.39 is 5.97 Å². The Morgan fingerprint density at radius 1 is 0.800 bits per heavy atom. The zero-order valence-electron chi connectivity index (χ0n) is 15.5. The molecule has 0 fully saturated rings. The molecule has 0 aliphatic carbocycles. The van der Waals surface area contributed by atoms with E-state index in [9.17, 15) is 4.79 Å². The first-order valence-electron chi connectivity index (χ1n) is 8.77. The molecule has 5 rings (SSSR count). The normalized spacial score (nSPS) is 10.5. The van der Waals surface area contributed by atoms with Crippen molar-refractivity contribution in [2.24, 2.45) is 0 Å². The molecule has 0 bridgehead atoms. The maximum absolute atomic E-state index is 10.1. The minimum Gasteiger partial charge on any atom is -0.494 e. The van der Waals surface area contributed by atoms with Crippen LogP contribution in [0.2, 0.25) is 0 Å². The largest absolute Gasteiger partial charge is 0.494 e. The van der Waals surface area contributed by atoms with Gasteiger partial charge >= 0.3 is 5.97 Å². The van der Waals surface area contributed by atoms with Gasteiger partial charge < -0.3 is 19.6 Å². The number of pyridine rings is 2. The maximum atomic E-state index is 10.1. The summed E-state index contributed by atoms with van der Waals surface area (Å²) >= 11 is 0. The zero-order valence-corrected chi connectivity index (χ0v) is 17.9. The summed E-state index contributed by atoms with van der Waals surface area (Å²) in [6.45, 7) is 0. The van der Waals surface area contributed by atoms with Crippen molar-refractivity contribution in [2.45, 2.75) is 0 Å². The minimum absolute atomic E-state index is 0. The van der Waals surface area contributed by atoms with Gasteiger partial charge in [-0.25, -0.2) is 9.78 Å². The summed E-state index contributed by atoms with van der Waals surface area (Å²) in [7, 11) is 0. The number of carboxylic acid groups (broad SMARTS) is 1. The third kappa shape index (κ3) is 4.71. The fraction of sp³-hybridized carbons (Fsp3) is 0. The number of aromatic nitrogens is 2. The van der Waals surface area contributed by atoms with Gasteiger partial charge in [0.25, 0.3) is 0 Å². The minimum atomic E-state index is -0.990. The molecule has 2 aromatic heterocycles. The predicted molar refractivity (Wildman–Crippen MR) is 106 cm³/mol. The van der Waals surface area contributed by atoms with Crippen molar-refractivity contribution in [1.82, 2.24) is 9.97 Å². The van der Waals surface area contributed by atoms with Crippen LogP contribution in [0.25, 0.3) is 11.3 Å². The Labute approximate surface area is 186 Å². The molecule has 1 aliphatic rings. The van der Waals surface area contributed by atoms with Crippen LogP contribution in [0.4, 0.5) is 0 Å². The summed E-state index contributed by atoms with van der Waals surface area (Å²) in [5, 5.41) is 8.32. The van der Waals surface area contributed by atoms with E-state index in [2.05, 4.69) is 16.0 Å². The number of aromatic carboxylic acids is 1. The topological polar surface area (TPSA) is 81.5 Å². The predicted octanol–water partition coefficient (Wildman–Crippen LogP) is 5.22. The number of ether oxygens (including phenoxy) is 2. The number of carboxylic acids is 1. The van der Waals surface area contributed by atoms with Gasteiger partial charge in [-0.1, -0.05) is 42.0 Å². The van der Waals surface area contributed by atoms with Gasteiger partial charge in [-0.05, 0) is 36.0 Å². The molecule has 1 N–H and O–H groups in total. The van der Waals surface area contributed by atoms with Gasteiger partial charge in [-0.15, -0.1) is 12.1 Å². The molecule has 0 saturated carbocycles. The van der Waals surface area contributed by atoms with Gasteiger partial charge in [0.2, 0.25) is 0 Å². The fourth-order valence-corrected chi connectivity index (χ4v) is 2.68.